The fraction of sp³-hybridized carbons (Fsp3) is 0.438. The van der Waals surface area contributed by atoms with Gasteiger partial charge in [0.25, 0.3) is 0 Å². The first kappa shape index (κ1) is 15.9. The summed E-state index contributed by atoms with van der Waals surface area (Å²) in [7, 11) is 1.63. The maximum Gasteiger partial charge on any atom is 0.345 e. The molecule has 1 saturated heterocycles. The number of carbonyl (C=O) groups is 1. The molecule has 1 aromatic heterocycles. The van der Waals surface area contributed by atoms with Gasteiger partial charge in [-0.3, -0.25) is 9.36 Å². The summed E-state index contributed by atoms with van der Waals surface area (Å²) in [5.74, 6) is 0.847. The second-order valence-corrected chi connectivity index (χ2v) is 7.19. The first-order valence-corrected chi connectivity index (χ1v) is 8.67. The second kappa shape index (κ2) is 6.62. The lowest BCUT2D eigenvalue weighted by atomic mass is 10.0. The smallest absolute Gasteiger partial charge is 0.332 e. The Bertz CT molecular complexity index is 740. The lowest BCUT2D eigenvalue weighted by Gasteiger charge is -2.40. The first-order chi connectivity index (χ1) is 11.1. The number of nitrogens with zero attached hydrogens (tertiary/aromatic N) is 4. The zero-order valence-electron chi connectivity index (χ0n) is 13.3. The topological polar surface area (TPSA) is 60.1 Å². The molecule has 0 bridgehead atoms. The van der Waals surface area contributed by atoms with Crippen LogP contribution >= 0.6 is 11.8 Å². The van der Waals surface area contributed by atoms with Crippen molar-refractivity contribution in [1.29, 1.82) is 0 Å². The molecule has 122 valence electrons. The molecule has 3 rings (SSSR count). The average Bonchev–Trinajstić information content (AvgIpc) is 2.87. The molecule has 6 nitrogen and oxygen atoms in total. The Hall–Kier alpha value is -2.02. The molecular formula is C16H20N4O2S. The van der Waals surface area contributed by atoms with E-state index in [0.717, 1.165) is 11.3 Å². The van der Waals surface area contributed by atoms with Crippen LogP contribution in [0.15, 0.2) is 41.5 Å². The van der Waals surface area contributed by atoms with E-state index in [-0.39, 0.29) is 24.2 Å². The van der Waals surface area contributed by atoms with Gasteiger partial charge in [0.05, 0.1) is 6.04 Å². The zero-order valence-corrected chi connectivity index (χ0v) is 14.1. The number of thioether (sulfide) groups is 1. The molecule has 0 N–H and O–H groups in total. The Labute approximate surface area is 139 Å². The van der Waals surface area contributed by atoms with E-state index in [1.807, 2.05) is 34.9 Å². The van der Waals surface area contributed by atoms with Crippen LogP contribution in [-0.2, 0) is 18.4 Å². The summed E-state index contributed by atoms with van der Waals surface area (Å²) in [6.07, 6.45) is 1.43. The highest BCUT2D eigenvalue weighted by molar-refractivity contribution is 8.00. The van der Waals surface area contributed by atoms with Crippen molar-refractivity contribution in [3.63, 3.8) is 0 Å². The predicted octanol–water partition coefficient (Wildman–Crippen LogP) is 1.29. The minimum atomic E-state index is -0.269. The molecule has 0 aliphatic carbocycles. The van der Waals surface area contributed by atoms with Crippen LogP contribution in [0.3, 0.4) is 0 Å². The van der Waals surface area contributed by atoms with Gasteiger partial charge in [0.1, 0.15) is 12.9 Å². The highest BCUT2D eigenvalue weighted by Gasteiger charge is 2.33. The largest absolute Gasteiger partial charge is 0.345 e. The van der Waals surface area contributed by atoms with Crippen molar-refractivity contribution < 1.29 is 4.79 Å². The standard InChI is InChI=1S/C16H20N4O2S/c1-12-15(13-6-4-3-5-7-13)19(8-9-23-12)14(21)10-20-16(22)18(2)11-17-20/h3-7,11-12,15H,8-10H2,1-2H3/t12-,15+/m0/s1. The quantitative estimate of drug-likeness (QED) is 0.850. The lowest BCUT2D eigenvalue weighted by molar-refractivity contribution is -0.134. The number of aryl methyl sites for hydroxylation is 1. The van der Waals surface area contributed by atoms with Crippen LogP contribution in [-0.4, -0.2) is 42.7 Å². The molecule has 0 saturated carbocycles. The molecule has 0 unspecified atom stereocenters. The Kier molecular flexibility index (Phi) is 4.56. The van der Waals surface area contributed by atoms with E-state index in [0.29, 0.717) is 11.8 Å². The number of hydrogen-bond acceptors (Lipinski definition) is 4. The van der Waals surface area contributed by atoms with Gasteiger partial charge >= 0.3 is 5.69 Å². The highest BCUT2D eigenvalue weighted by atomic mass is 32.2. The van der Waals surface area contributed by atoms with Crippen LogP contribution < -0.4 is 5.69 Å². The van der Waals surface area contributed by atoms with Gasteiger partial charge in [0.15, 0.2) is 0 Å². The molecule has 0 radical (unpaired) electrons. The molecule has 23 heavy (non-hydrogen) atoms. The maximum atomic E-state index is 12.8. The summed E-state index contributed by atoms with van der Waals surface area (Å²) in [6, 6.07) is 10.1. The molecule has 1 aromatic carbocycles. The summed E-state index contributed by atoms with van der Waals surface area (Å²) >= 11 is 1.87. The van der Waals surface area contributed by atoms with E-state index in [4.69, 9.17) is 0 Å². The summed E-state index contributed by atoms with van der Waals surface area (Å²) in [5, 5.41) is 4.30. The third-order valence-corrected chi connectivity index (χ3v) is 5.33. The number of aromatic nitrogens is 3. The van der Waals surface area contributed by atoms with Gasteiger partial charge in [-0.2, -0.15) is 16.9 Å². The molecule has 1 aliphatic heterocycles. The number of amides is 1. The van der Waals surface area contributed by atoms with Gasteiger partial charge in [-0.1, -0.05) is 37.3 Å². The Morgan fingerprint density at radius 2 is 2.09 bits per heavy atom. The van der Waals surface area contributed by atoms with Gasteiger partial charge in [-0.25, -0.2) is 9.48 Å². The molecule has 2 heterocycles. The van der Waals surface area contributed by atoms with Crippen molar-refractivity contribution in [3.8, 4) is 0 Å². The second-order valence-electron chi connectivity index (χ2n) is 5.70. The van der Waals surface area contributed by atoms with Crippen molar-refractivity contribution in [2.75, 3.05) is 12.3 Å². The molecular weight excluding hydrogens is 312 g/mol. The Morgan fingerprint density at radius 1 is 1.35 bits per heavy atom. The third-order valence-electron chi connectivity index (χ3n) is 4.13. The monoisotopic (exact) mass is 332 g/mol. The van der Waals surface area contributed by atoms with Gasteiger partial charge in [-0.15, -0.1) is 0 Å². The SMILES string of the molecule is C[C@@H]1SCCN(C(=O)Cn2ncn(C)c2=O)[C@H]1c1ccccc1. The first-order valence-electron chi connectivity index (χ1n) is 7.62. The van der Waals surface area contributed by atoms with Crippen molar-refractivity contribution >= 4 is 17.7 Å². The van der Waals surface area contributed by atoms with Gasteiger partial charge in [0, 0.05) is 24.6 Å². The summed E-state index contributed by atoms with van der Waals surface area (Å²) in [4.78, 5) is 26.5. The molecule has 1 amide bonds. The summed E-state index contributed by atoms with van der Waals surface area (Å²) in [5.41, 5.74) is 0.864. The molecule has 1 fully saturated rings. The average molecular weight is 332 g/mol. The van der Waals surface area contributed by atoms with Crippen LogP contribution in [0.5, 0.6) is 0 Å². The van der Waals surface area contributed by atoms with E-state index in [1.54, 1.807) is 7.05 Å². The number of carbonyl (C=O) groups excluding carboxylic acids is 1. The summed E-state index contributed by atoms with van der Waals surface area (Å²) < 4.78 is 2.59. The van der Waals surface area contributed by atoms with Gasteiger partial charge in [0.2, 0.25) is 5.91 Å². The Balaban J connectivity index is 1.85. The van der Waals surface area contributed by atoms with E-state index in [9.17, 15) is 9.59 Å². The molecule has 7 heteroatoms. The van der Waals surface area contributed by atoms with Crippen LogP contribution in [0.1, 0.15) is 18.5 Å². The molecule has 1 aliphatic rings. The zero-order chi connectivity index (χ0) is 16.4. The van der Waals surface area contributed by atoms with E-state index >= 15 is 0 Å². The van der Waals surface area contributed by atoms with E-state index in [1.165, 1.54) is 15.6 Å². The molecule has 0 spiro atoms. The van der Waals surface area contributed by atoms with E-state index in [2.05, 4.69) is 24.2 Å². The number of rotatable bonds is 3. The van der Waals surface area contributed by atoms with Gasteiger partial charge < -0.3 is 4.90 Å². The highest BCUT2D eigenvalue weighted by Crippen LogP contribution is 2.35. The summed E-state index contributed by atoms with van der Waals surface area (Å²) in [6.45, 7) is 2.82. The number of benzene rings is 1. The third kappa shape index (κ3) is 3.19. The van der Waals surface area contributed by atoms with E-state index < -0.39 is 0 Å². The Morgan fingerprint density at radius 3 is 2.74 bits per heavy atom. The minimum Gasteiger partial charge on any atom is -0.332 e. The van der Waals surface area contributed by atoms with Crippen LogP contribution in [0.4, 0.5) is 0 Å². The van der Waals surface area contributed by atoms with Gasteiger partial charge in [-0.05, 0) is 5.56 Å². The van der Waals surface area contributed by atoms with Crippen LogP contribution in [0, 0.1) is 0 Å². The maximum absolute atomic E-state index is 12.8. The minimum absolute atomic E-state index is 0.0135. The van der Waals surface area contributed by atoms with Crippen molar-refractivity contribution in [2.45, 2.75) is 24.8 Å². The van der Waals surface area contributed by atoms with Crippen molar-refractivity contribution in [1.82, 2.24) is 19.2 Å². The molecule has 2 aromatic rings. The van der Waals surface area contributed by atoms with Crippen molar-refractivity contribution in [2.24, 2.45) is 7.05 Å². The van der Waals surface area contributed by atoms with Crippen LogP contribution in [0.25, 0.3) is 0 Å². The molecule has 2 atom stereocenters. The van der Waals surface area contributed by atoms with Crippen LogP contribution in [0.2, 0.25) is 0 Å². The fourth-order valence-corrected chi connectivity index (χ4v) is 4.11. The fourth-order valence-electron chi connectivity index (χ4n) is 2.95. The lowest BCUT2D eigenvalue weighted by Crippen LogP contribution is -2.46. The predicted molar refractivity (Wildman–Crippen MR) is 90.3 cm³/mol. The number of hydrogen-bond donors (Lipinski definition) is 0. The normalized spacial score (nSPS) is 21.4. The van der Waals surface area contributed by atoms with Crippen molar-refractivity contribution in [3.05, 3.63) is 52.7 Å².